The van der Waals surface area contributed by atoms with Crippen LogP contribution in [-0.4, -0.2) is 38.0 Å². The number of carbonyl (C=O) groups is 1. The maximum absolute atomic E-state index is 12.0. The topological polar surface area (TPSA) is 139 Å². The molecule has 0 bridgehead atoms. The second-order valence-electron chi connectivity index (χ2n) is 3.71. The average Bonchev–Trinajstić information content (AvgIpc) is 2.97. The predicted octanol–water partition coefficient (Wildman–Crippen LogP) is 0.0796. The number of hydrogen-bond donors (Lipinski definition) is 3. The van der Waals surface area contributed by atoms with E-state index in [1.165, 1.54) is 12.4 Å². The summed E-state index contributed by atoms with van der Waals surface area (Å²) < 4.78 is 0. The quantitative estimate of drug-likeness (QED) is 0.519. The Labute approximate surface area is 112 Å². The lowest BCUT2D eigenvalue weighted by molar-refractivity contribution is -0.385. The Balaban J connectivity index is 2.20. The number of nitrogens with one attached hydrogen (secondary N) is 3. The molecular formula is C10H11N7O3. The molecule has 0 spiro atoms. The van der Waals surface area contributed by atoms with Gasteiger partial charge in [0.05, 0.1) is 11.5 Å². The zero-order valence-electron chi connectivity index (χ0n) is 10.5. The van der Waals surface area contributed by atoms with E-state index < -0.39 is 10.8 Å². The molecule has 0 saturated heterocycles. The summed E-state index contributed by atoms with van der Waals surface area (Å²) in [5.41, 5.74) is -0.437. The van der Waals surface area contributed by atoms with Gasteiger partial charge in [0, 0.05) is 13.1 Å². The molecule has 1 amide bonds. The fourth-order valence-electron chi connectivity index (χ4n) is 1.49. The maximum Gasteiger partial charge on any atom is 0.300 e. The first-order chi connectivity index (χ1) is 9.61. The molecule has 0 unspecified atom stereocenters. The number of anilines is 1. The standard InChI is InChI=1S/C10H11N7O3/c1-11-8-2-6(7(3-12-8)17(19)20)10(18)13-4-9-14-5-15-16-9/h2-3,5H,4H2,1H3,(H,11,12)(H,13,18)(H,14,15,16). The van der Waals surface area contributed by atoms with Gasteiger partial charge in [-0.1, -0.05) is 0 Å². The number of pyridine rings is 1. The second-order valence-corrected chi connectivity index (χ2v) is 3.71. The van der Waals surface area contributed by atoms with Crippen molar-refractivity contribution in [2.24, 2.45) is 0 Å². The van der Waals surface area contributed by atoms with Crippen molar-refractivity contribution in [2.75, 3.05) is 12.4 Å². The molecule has 3 N–H and O–H groups in total. The van der Waals surface area contributed by atoms with Gasteiger partial charge in [0.15, 0.2) is 0 Å². The van der Waals surface area contributed by atoms with Crippen LogP contribution in [0.5, 0.6) is 0 Å². The normalized spacial score (nSPS) is 10.1. The fraction of sp³-hybridized carbons (Fsp3) is 0.200. The lowest BCUT2D eigenvalue weighted by Gasteiger charge is -2.06. The summed E-state index contributed by atoms with van der Waals surface area (Å²) in [6.45, 7) is 0.0905. The molecule has 104 valence electrons. The number of amides is 1. The highest BCUT2D eigenvalue weighted by Gasteiger charge is 2.21. The third-order valence-electron chi connectivity index (χ3n) is 2.46. The predicted molar refractivity (Wildman–Crippen MR) is 68.0 cm³/mol. The molecule has 2 rings (SSSR count). The zero-order valence-corrected chi connectivity index (χ0v) is 10.5. The molecule has 0 atom stereocenters. The number of hydrogen-bond acceptors (Lipinski definition) is 7. The number of carbonyl (C=O) groups excluding carboxylic acids is 1. The minimum Gasteiger partial charge on any atom is -0.373 e. The van der Waals surface area contributed by atoms with E-state index in [0.717, 1.165) is 6.20 Å². The van der Waals surface area contributed by atoms with Crippen molar-refractivity contribution >= 4 is 17.4 Å². The van der Waals surface area contributed by atoms with E-state index in [4.69, 9.17) is 0 Å². The molecule has 0 radical (unpaired) electrons. The van der Waals surface area contributed by atoms with Gasteiger partial charge in [-0.25, -0.2) is 9.97 Å². The molecule has 2 aromatic rings. The molecule has 2 heterocycles. The van der Waals surface area contributed by atoms with Gasteiger partial charge in [0.25, 0.3) is 11.6 Å². The Hall–Kier alpha value is -3.04. The van der Waals surface area contributed by atoms with E-state index in [9.17, 15) is 14.9 Å². The number of H-pyrrole nitrogens is 1. The molecule has 0 aliphatic carbocycles. The summed E-state index contributed by atoms with van der Waals surface area (Å²) in [6.07, 6.45) is 2.34. The van der Waals surface area contributed by atoms with Crippen molar-refractivity contribution in [3.63, 3.8) is 0 Å². The average molecular weight is 277 g/mol. The highest BCUT2D eigenvalue weighted by Crippen LogP contribution is 2.19. The van der Waals surface area contributed by atoms with Crippen molar-refractivity contribution in [3.8, 4) is 0 Å². The first kappa shape index (κ1) is 13.4. The Morgan fingerprint density at radius 3 is 2.90 bits per heavy atom. The van der Waals surface area contributed by atoms with Gasteiger partial charge < -0.3 is 10.6 Å². The monoisotopic (exact) mass is 277 g/mol. The van der Waals surface area contributed by atoms with Gasteiger partial charge in [0.2, 0.25) is 0 Å². The second kappa shape index (κ2) is 5.73. The van der Waals surface area contributed by atoms with E-state index in [1.54, 1.807) is 7.05 Å². The number of nitrogens with zero attached hydrogens (tertiary/aromatic N) is 4. The molecule has 0 aliphatic heterocycles. The minimum atomic E-state index is -0.657. The summed E-state index contributed by atoms with van der Waals surface area (Å²) in [5, 5.41) is 22.3. The van der Waals surface area contributed by atoms with Crippen LogP contribution >= 0.6 is 0 Å². The van der Waals surface area contributed by atoms with Gasteiger partial charge in [-0.15, -0.1) is 0 Å². The summed E-state index contributed by atoms with van der Waals surface area (Å²) in [4.78, 5) is 29.9. The number of nitro groups is 1. The van der Waals surface area contributed by atoms with E-state index in [1.807, 2.05) is 0 Å². The van der Waals surface area contributed by atoms with Crippen LogP contribution in [0, 0.1) is 10.1 Å². The number of aromatic nitrogens is 4. The van der Waals surface area contributed by atoms with Crippen LogP contribution in [0.4, 0.5) is 11.5 Å². The van der Waals surface area contributed by atoms with Gasteiger partial charge in [-0.2, -0.15) is 5.10 Å². The molecule has 10 heteroatoms. The van der Waals surface area contributed by atoms with Crippen molar-refractivity contribution in [3.05, 3.63) is 40.1 Å². The third-order valence-corrected chi connectivity index (χ3v) is 2.46. The molecule has 0 fully saturated rings. The van der Waals surface area contributed by atoms with Crippen LogP contribution in [-0.2, 0) is 6.54 Å². The smallest absolute Gasteiger partial charge is 0.300 e. The number of aromatic amines is 1. The molecule has 20 heavy (non-hydrogen) atoms. The van der Waals surface area contributed by atoms with E-state index >= 15 is 0 Å². The Morgan fingerprint density at radius 2 is 2.30 bits per heavy atom. The summed E-state index contributed by atoms with van der Waals surface area (Å²) in [6, 6.07) is 1.31. The van der Waals surface area contributed by atoms with Gasteiger partial charge in [-0.3, -0.25) is 20.0 Å². The Kier molecular flexibility index (Phi) is 3.84. The Morgan fingerprint density at radius 1 is 1.50 bits per heavy atom. The third kappa shape index (κ3) is 2.85. The SMILES string of the molecule is CNc1cc(C(=O)NCc2ncn[nH]2)c([N+](=O)[O-])cn1. The summed E-state index contributed by atoms with van der Waals surface area (Å²) in [5.74, 6) is 0.219. The van der Waals surface area contributed by atoms with Crippen LogP contribution in [0.3, 0.4) is 0 Å². The van der Waals surface area contributed by atoms with E-state index in [2.05, 4.69) is 30.8 Å². The first-order valence-electron chi connectivity index (χ1n) is 5.56. The molecule has 0 aliphatic rings. The van der Waals surface area contributed by atoms with Gasteiger partial charge in [0.1, 0.15) is 29.7 Å². The van der Waals surface area contributed by atoms with Crippen LogP contribution in [0.15, 0.2) is 18.6 Å². The summed E-state index contributed by atoms with van der Waals surface area (Å²) in [7, 11) is 1.60. The van der Waals surface area contributed by atoms with Crippen LogP contribution in [0.1, 0.15) is 16.2 Å². The van der Waals surface area contributed by atoms with Crippen LogP contribution in [0.2, 0.25) is 0 Å². The molecule has 2 aromatic heterocycles. The van der Waals surface area contributed by atoms with E-state index in [-0.39, 0.29) is 17.8 Å². The fourth-order valence-corrected chi connectivity index (χ4v) is 1.49. The van der Waals surface area contributed by atoms with Crippen molar-refractivity contribution in [1.82, 2.24) is 25.5 Å². The lowest BCUT2D eigenvalue weighted by Crippen LogP contribution is -2.24. The lowest BCUT2D eigenvalue weighted by atomic mass is 10.2. The summed E-state index contributed by atoms with van der Waals surface area (Å²) >= 11 is 0. The van der Waals surface area contributed by atoms with Crippen molar-refractivity contribution in [2.45, 2.75) is 6.54 Å². The largest absolute Gasteiger partial charge is 0.373 e. The molecular weight excluding hydrogens is 266 g/mol. The van der Waals surface area contributed by atoms with Crippen LogP contribution in [0.25, 0.3) is 0 Å². The first-order valence-corrected chi connectivity index (χ1v) is 5.56. The van der Waals surface area contributed by atoms with Gasteiger partial charge >= 0.3 is 0 Å². The zero-order chi connectivity index (χ0) is 14.5. The van der Waals surface area contributed by atoms with Crippen molar-refractivity contribution in [1.29, 1.82) is 0 Å². The van der Waals surface area contributed by atoms with Crippen LogP contribution < -0.4 is 10.6 Å². The number of rotatable bonds is 5. The highest BCUT2D eigenvalue weighted by molar-refractivity contribution is 5.98. The molecule has 0 aromatic carbocycles. The van der Waals surface area contributed by atoms with Gasteiger partial charge in [-0.05, 0) is 0 Å². The Bertz CT molecular complexity index is 626. The molecule has 10 nitrogen and oxygen atoms in total. The highest BCUT2D eigenvalue weighted by atomic mass is 16.6. The van der Waals surface area contributed by atoms with Crippen molar-refractivity contribution < 1.29 is 9.72 Å². The van der Waals surface area contributed by atoms with E-state index in [0.29, 0.717) is 11.6 Å². The minimum absolute atomic E-state index is 0.0751. The maximum atomic E-state index is 12.0. The molecule has 0 saturated carbocycles.